The van der Waals surface area contributed by atoms with E-state index in [-0.39, 0.29) is 11.5 Å². The predicted molar refractivity (Wildman–Crippen MR) is 77.1 cm³/mol. The number of carbonyl (C=O) groups is 2. The van der Waals surface area contributed by atoms with Gasteiger partial charge in [-0.15, -0.1) is 0 Å². The number of fused-ring (bicyclic) bond motifs is 1. The Hall–Kier alpha value is -3.09. The molecule has 2 aromatic heterocycles. The minimum absolute atomic E-state index is 0.0131. The Morgan fingerprint density at radius 2 is 1.82 bits per heavy atom. The summed E-state index contributed by atoms with van der Waals surface area (Å²) in [4.78, 5) is 23.9. The van der Waals surface area contributed by atoms with Crippen molar-refractivity contribution in [2.75, 3.05) is 0 Å². The minimum Gasteiger partial charge on any atom is -0.451 e. The number of hydrogen-bond acceptors (Lipinski definition) is 5. The number of rotatable bonds is 2. The molecule has 2 N–H and O–H groups in total. The fourth-order valence-electron chi connectivity index (χ4n) is 2.09. The average Bonchev–Trinajstić information content (AvgIpc) is 3.09. The van der Waals surface area contributed by atoms with Crippen molar-refractivity contribution >= 4 is 22.8 Å². The van der Waals surface area contributed by atoms with Gasteiger partial charge in [-0.05, 0) is 19.9 Å². The van der Waals surface area contributed by atoms with E-state index in [1.807, 2.05) is 18.2 Å². The first kappa shape index (κ1) is 13.9. The SMILES string of the molecule is Cc1cc(C(=O)NNC(=O)c2oc3ccccc3c2C)on1. The molecule has 0 aliphatic carbocycles. The molecule has 0 unspecified atom stereocenters. The molecule has 0 radical (unpaired) electrons. The third-order valence-electron chi connectivity index (χ3n) is 3.19. The van der Waals surface area contributed by atoms with E-state index in [4.69, 9.17) is 8.94 Å². The number of aryl methyl sites for hydroxylation is 2. The van der Waals surface area contributed by atoms with Crippen LogP contribution in [0.5, 0.6) is 0 Å². The van der Waals surface area contributed by atoms with Crippen LogP contribution in [0.2, 0.25) is 0 Å². The zero-order valence-corrected chi connectivity index (χ0v) is 12.0. The molecule has 2 heterocycles. The van der Waals surface area contributed by atoms with Crippen molar-refractivity contribution in [3.8, 4) is 0 Å². The summed E-state index contributed by atoms with van der Waals surface area (Å²) in [6.07, 6.45) is 0. The molecule has 0 fully saturated rings. The highest BCUT2D eigenvalue weighted by atomic mass is 16.5. The Balaban J connectivity index is 1.73. The lowest BCUT2D eigenvalue weighted by Crippen LogP contribution is -2.41. The molecule has 0 atom stereocenters. The van der Waals surface area contributed by atoms with Gasteiger partial charge in [0.05, 0.1) is 5.69 Å². The van der Waals surface area contributed by atoms with Crippen LogP contribution in [0.3, 0.4) is 0 Å². The number of para-hydroxylation sites is 1. The van der Waals surface area contributed by atoms with Crippen LogP contribution < -0.4 is 10.9 Å². The summed E-state index contributed by atoms with van der Waals surface area (Å²) in [5.41, 5.74) is 6.43. The number of nitrogens with zero attached hydrogens (tertiary/aromatic N) is 1. The molecule has 22 heavy (non-hydrogen) atoms. The third-order valence-corrected chi connectivity index (χ3v) is 3.19. The van der Waals surface area contributed by atoms with E-state index in [0.29, 0.717) is 16.8 Å². The van der Waals surface area contributed by atoms with E-state index >= 15 is 0 Å². The lowest BCUT2D eigenvalue weighted by atomic mass is 10.1. The Bertz CT molecular complexity index is 863. The normalized spacial score (nSPS) is 10.6. The second-order valence-electron chi connectivity index (χ2n) is 4.79. The van der Waals surface area contributed by atoms with E-state index in [0.717, 1.165) is 5.39 Å². The summed E-state index contributed by atoms with van der Waals surface area (Å²) >= 11 is 0. The molecule has 2 amide bonds. The van der Waals surface area contributed by atoms with E-state index in [1.54, 1.807) is 19.9 Å². The largest absolute Gasteiger partial charge is 0.451 e. The molecule has 1 aromatic carbocycles. The van der Waals surface area contributed by atoms with Crippen LogP contribution in [-0.4, -0.2) is 17.0 Å². The molecule has 7 heteroatoms. The van der Waals surface area contributed by atoms with Crippen molar-refractivity contribution in [3.63, 3.8) is 0 Å². The summed E-state index contributed by atoms with van der Waals surface area (Å²) in [6, 6.07) is 8.78. The number of benzene rings is 1. The fourth-order valence-corrected chi connectivity index (χ4v) is 2.09. The van der Waals surface area contributed by atoms with Gasteiger partial charge < -0.3 is 8.94 Å². The van der Waals surface area contributed by atoms with Crippen LogP contribution in [0.25, 0.3) is 11.0 Å². The first-order valence-electron chi connectivity index (χ1n) is 6.58. The molecule has 0 saturated carbocycles. The van der Waals surface area contributed by atoms with Crippen LogP contribution in [0.1, 0.15) is 32.4 Å². The van der Waals surface area contributed by atoms with Gasteiger partial charge in [-0.3, -0.25) is 20.4 Å². The van der Waals surface area contributed by atoms with Gasteiger partial charge in [-0.2, -0.15) is 0 Å². The van der Waals surface area contributed by atoms with Crippen molar-refractivity contribution in [1.82, 2.24) is 16.0 Å². The Labute approximate surface area is 125 Å². The first-order chi connectivity index (χ1) is 10.6. The van der Waals surface area contributed by atoms with Gasteiger partial charge in [0.2, 0.25) is 5.76 Å². The van der Waals surface area contributed by atoms with Gasteiger partial charge in [0.15, 0.2) is 5.76 Å². The molecular weight excluding hydrogens is 286 g/mol. The number of furan rings is 1. The standard InChI is InChI=1S/C15H13N3O4/c1-8-7-12(22-18-8)14(19)16-17-15(20)13-9(2)10-5-3-4-6-11(10)21-13/h3-7H,1-2H3,(H,16,19)(H,17,20). The topological polar surface area (TPSA) is 97.4 Å². The summed E-state index contributed by atoms with van der Waals surface area (Å²) in [5.74, 6) is -0.977. The lowest BCUT2D eigenvalue weighted by Gasteiger charge is -2.03. The Morgan fingerprint density at radius 3 is 2.50 bits per heavy atom. The van der Waals surface area contributed by atoms with Crippen LogP contribution in [-0.2, 0) is 0 Å². The van der Waals surface area contributed by atoms with E-state index < -0.39 is 11.8 Å². The maximum absolute atomic E-state index is 12.1. The number of amides is 2. The Morgan fingerprint density at radius 1 is 1.09 bits per heavy atom. The summed E-state index contributed by atoms with van der Waals surface area (Å²) in [7, 11) is 0. The molecule has 0 aliphatic rings. The fraction of sp³-hybridized carbons (Fsp3) is 0.133. The summed E-state index contributed by atoms with van der Waals surface area (Å²) < 4.78 is 10.3. The summed E-state index contributed by atoms with van der Waals surface area (Å²) in [5, 5.41) is 4.45. The molecule has 0 aliphatic heterocycles. The zero-order chi connectivity index (χ0) is 15.7. The third kappa shape index (κ3) is 2.44. The van der Waals surface area contributed by atoms with E-state index in [9.17, 15) is 9.59 Å². The first-order valence-corrected chi connectivity index (χ1v) is 6.58. The van der Waals surface area contributed by atoms with E-state index in [1.165, 1.54) is 6.07 Å². The number of hydrogen-bond donors (Lipinski definition) is 2. The highest BCUT2D eigenvalue weighted by Gasteiger charge is 2.19. The van der Waals surface area contributed by atoms with Gasteiger partial charge in [0.1, 0.15) is 5.58 Å². The monoisotopic (exact) mass is 299 g/mol. The van der Waals surface area contributed by atoms with Crippen molar-refractivity contribution in [1.29, 1.82) is 0 Å². The van der Waals surface area contributed by atoms with Crippen LogP contribution >= 0.6 is 0 Å². The van der Waals surface area contributed by atoms with Crippen molar-refractivity contribution in [3.05, 3.63) is 53.1 Å². The second-order valence-corrected chi connectivity index (χ2v) is 4.79. The van der Waals surface area contributed by atoms with Gasteiger partial charge in [-0.1, -0.05) is 23.4 Å². The molecule has 3 rings (SSSR count). The van der Waals surface area contributed by atoms with Crippen LogP contribution in [0, 0.1) is 13.8 Å². The van der Waals surface area contributed by atoms with Gasteiger partial charge in [0, 0.05) is 17.0 Å². The number of hydrazine groups is 1. The molecule has 0 saturated heterocycles. The van der Waals surface area contributed by atoms with Gasteiger partial charge in [-0.25, -0.2) is 0 Å². The number of nitrogens with one attached hydrogen (secondary N) is 2. The van der Waals surface area contributed by atoms with Crippen molar-refractivity contribution in [2.24, 2.45) is 0 Å². The molecular formula is C15H13N3O4. The Kier molecular flexibility index (Phi) is 3.38. The highest BCUT2D eigenvalue weighted by molar-refractivity contribution is 6.00. The molecule has 112 valence electrons. The van der Waals surface area contributed by atoms with Crippen LogP contribution in [0.15, 0.2) is 39.3 Å². The number of aromatic nitrogens is 1. The molecule has 7 nitrogen and oxygen atoms in total. The quantitative estimate of drug-likeness (QED) is 0.706. The molecule has 3 aromatic rings. The predicted octanol–water partition coefficient (Wildman–Crippen LogP) is 2.11. The van der Waals surface area contributed by atoms with E-state index in [2.05, 4.69) is 16.0 Å². The maximum Gasteiger partial charge on any atom is 0.308 e. The van der Waals surface area contributed by atoms with Crippen molar-refractivity contribution < 1.29 is 18.5 Å². The maximum atomic E-state index is 12.1. The smallest absolute Gasteiger partial charge is 0.308 e. The average molecular weight is 299 g/mol. The lowest BCUT2D eigenvalue weighted by molar-refractivity contribution is 0.0812. The highest BCUT2D eigenvalue weighted by Crippen LogP contribution is 2.24. The number of carbonyl (C=O) groups excluding carboxylic acids is 2. The molecule has 0 bridgehead atoms. The second kappa shape index (κ2) is 5.36. The molecule has 0 spiro atoms. The van der Waals surface area contributed by atoms with Crippen LogP contribution in [0.4, 0.5) is 0 Å². The minimum atomic E-state index is -0.595. The van der Waals surface area contributed by atoms with Gasteiger partial charge in [0.25, 0.3) is 0 Å². The van der Waals surface area contributed by atoms with Gasteiger partial charge >= 0.3 is 11.8 Å². The zero-order valence-electron chi connectivity index (χ0n) is 12.0. The summed E-state index contributed by atoms with van der Waals surface area (Å²) in [6.45, 7) is 3.47. The van der Waals surface area contributed by atoms with Crippen molar-refractivity contribution in [2.45, 2.75) is 13.8 Å².